The van der Waals surface area contributed by atoms with E-state index < -0.39 is 22.7 Å². The fraction of sp³-hybridized carbons (Fsp3) is 0.913. The van der Waals surface area contributed by atoms with Gasteiger partial charge in [0.2, 0.25) is 0 Å². The molecule has 0 aromatic heterocycles. The minimum Gasteiger partial charge on any atom is -0.465 e. The zero-order valence-electron chi connectivity index (χ0n) is 20.3. The van der Waals surface area contributed by atoms with E-state index in [1.54, 1.807) is 0 Å². The van der Waals surface area contributed by atoms with Gasteiger partial charge >= 0.3 is 11.9 Å². The minimum absolute atomic E-state index is 0.0946. The first-order valence-corrected chi connectivity index (χ1v) is 10.7. The molecule has 5 atom stereocenters. The van der Waals surface area contributed by atoms with Crippen molar-refractivity contribution in [1.29, 1.82) is 0 Å². The van der Waals surface area contributed by atoms with Crippen molar-refractivity contribution in [3.05, 3.63) is 0 Å². The second-order valence-corrected chi connectivity index (χ2v) is 11.1. The van der Waals surface area contributed by atoms with Crippen LogP contribution in [0.25, 0.3) is 0 Å². The van der Waals surface area contributed by atoms with Gasteiger partial charge in [-0.05, 0) is 55.4 Å². The van der Waals surface area contributed by atoms with Crippen LogP contribution in [0.2, 0.25) is 0 Å². The van der Waals surface area contributed by atoms with Crippen molar-refractivity contribution in [2.24, 2.45) is 28.6 Å². The maximum Gasteiger partial charge on any atom is 0.311 e. The summed E-state index contributed by atoms with van der Waals surface area (Å²) >= 11 is 0. The third-order valence-electron chi connectivity index (χ3n) is 5.22. The second-order valence-electron chi connectivity index (χ2n) is 11.1. The lowest BCUT2D eigenvalue weighted by molar-refractivity contribution is -0.305. The maximum absolute atomic E-state index is 12.7. The highest BCUT2D eigenvalue weighted by Crippen LogP contribution is 2.35. The molecule has 1 heterocycles. The summed E-state index contributed by atoms with van der Waals surface area (Å²) in [6, 6.07) is 0. The van der Waals surface area contributed by atoms with Gasteiger partial charge in [-0.25, -0.2) is 0 Å². The zero-order valence-corrected chi connectivity index (χ0v) is 20.3. The maximum atomic E-state index is 12.7. The zero-order chi connectivity index (χ0) is 22.8. The van der Waals surface area contributed by atoms with Crippen molar-refractivity contribution in [3.8, 4) is 0 Å². The van der Waals surface area contributed by atoms with Gasteiger partial charge in [-0.3, -0.25) is 9.59 Å². The Kier molecular flexibility index (Phi) is 8.34. The molecule has 6 heteroatoms. The molecule has 1 fully saturated rings. The molecule has 0 aliphatic carbocycles. The highest BCUT2D eigenvalue weighted by Gasteiger charge is 2.43. The fourth-order valence-electron chi connectivity index (χ4n) is 3.28. The SMILES string of the molecule is C[C@H]([C@H]1OC(C)(C)OC[C@@H]1C)[C@H](OC(=O)C(C)(C)C)[C@H](C)COC(=O)C(C)(C)C. The predicted octanol–water partition coefficient (Wildman–Crippen LogP) is 4.59. The quantitative estimate of drug-likeness (QED) is 0.592. The molecule has 0 amide bonds. The van der Waals surface area contributed by atoms with Gasteiger partial charge in [0.05, 0.1) is 30.1 Å². The van der Waals surface area contributed by atoms with Gasteiger partial charge in [-0.1, -0.05) is 20.8 Å². The molecule has 0 radical (unpaired) electrons. The number of hydrogen-bond acceptors (Lipinski definition) is 6. The summed E-state index contributed by atoms with van der Waals surface area (Å²) in [5, 5.41) is 0. The molecule has 0 aromatic rings. The van der Waals surface area contributed by atoms with E-state index in [1.165, 1.54) is 0 Å². The molecule has 0 unspecified atom stereocenters. The molecule has 1 saturated heterocycles. The lowest BCUT2D eigenvalue weighted by Gasteiger charge is -2.45. The second kappa shape index (κ2) is 9.34. The van der Waals surface area contributed by atoms with Crippen LogP contribution in [0.15, 0.2) is 0 Å². The molecule has 6 nitrogen and oxygen atoms in total. The van der Waals surface area contributed by atoms with Gasteiger partial charge in [0.15, 0.2) is 5.79 Å². The van der Waals surface area contributed by atoms with Crippen LogP contribution in [0.3, 0.4) is 0 Å². The van der Waals surface area contributed by atoms with Crippen LogP contribution >= 0.6 is 0 Å². The smallest absolute Gasteiger partial charge is 0.311 e. The monoisotopic (exact) mass is 414 g/mol. The van der Waals surface area contributed by atoms with Gasteiger partial charge in [0.1, 0.15) is 6.10 Å². The summed E-state index contributed by atoms with van der Waals surface area (Å²) in [6.07, 6.45) is -0.590. The van der Waals surface area contributed by atoms with E-state index in [0.29, 0.717) is 6.61 Å². The van der Waals surface area contributed by atoms with Crippen LogP contribution in [0.4, 0.5) is 0 Å². The Hall–Kier alpha value is -1.14. The average Bonchev–Trinajstić information content (AvgIpc) is 2.56. The molecular formula is C23H42O6. The first-order valence-electron chi connectivity index (χ1n) is 10.7. The average molecular weight is 415 g/mol. The summed E-state index contributed by atoms with van der Waals surface area (Å²) in [6.45, 7) is 21.6. The third-order valence-corrected chi connectivity index (χ3v) is 5.22. The lowest BCUT2D eigenvalue weighted by Crippen LogP contribution is -2.52. The van der Waals surface area contributed by atoms with E-state index >= 15 is 0 Å². The summed E-state index contributed by atoms with van der Waals surface area (Å²) in [5.74, 6) is -1.35. The Morgan fingerprint density at radius 1 is 1.03 bits per heavy atom. The van der Waals surface area contributed by atoms with E-state index in [4.69, 9.17) is 18.9 Å². The number of carbonyl (C=O) groups is 2. The Bertz CT molecular complexity index is 569. The van der Waals surface area contributed by atoms with E-state index in [0.717, 1.165) is 0 Å². The van der Waals surface area contributed by atoms with Crippen molar-refractivity contribution in [3.63, 3.8) is 0 Å². The van der Waals surface area contributed by atoms with Gasteiger partial charge in [0.25, 0.3) is 0 Å². The molecule has 170 valence electrons. The van der Waals surface area contributed by atoms with Crippen molar-refractivity contribution in [2.75, 3.05) is 13.2 Å². The van der Waals surface area contributed by atoms with E-state index in [9.17, 15) is 9.59 Å². The number of ether oxygens (including phenoxy) is 4. The van der Waals surface area contributed by atoms with Gasteiger partial charge < -0.3 is 18.9 Å². The topological polar surface area (TPSA) is 71.1 Å². The van der Waals surface area contributed by atoms with Crippen molar-refractivity contribution in [2.45, 2.75) is 94.2 Å². The Morgan fingerprint density at radius 2 is 1.55 bits per heavy atom. The van der Waals surface area contributed by atoms with E-state index in [2.05, 4.69) is 6.92 Å². The summed E-state index contributed by atoms with van der Waals surface area (Å²) in [4.78, 5) is 24.9. The summed E-state index contributed by atoms with van der Waals surface area (Å²) in [5.41, 5.74) is -1.20. The molecule has 1 rings (SSSR count). The van der Waals surface area contributed by atoms with E-state index in [1.807, 2.05) is 69.2 Å². The number of esters is 2. The third kappa shape index (κ3) is 7.56. The standard InChI is InChI=1S/C23H42O6/c1-14(12-26-19(24)21(4,5)6)17(28-20(25)22(7,8)9)16(3)18-15(2)13-27-23(10,11)29-18/h14-18H,12-13H2,1-11H3/t14-,15+,16+,17-,18+/m1/s1. The van der Waals surface area contributed by atoms with Crippen LogP contribution < -0.4 is 0 Å². The predicted molar refractivity (Wildman–Crippen MR) is 112 cm³/mol. The van der Waals surface area contributed by atoms with Crippen LogP contribution in [0.5, 0.6) is 0 Å². The molecule has 0 saturated carbocycles. The van der Waals surface area contributed by atoms with Crippen LogP contribution in [-0.2, 0) is 28.5 Å². The Morgan fingerprint density at radius 3 is 2.03 bits per heavy atom. The number of hydrogen-bond donors (Lipinski definition) is 0. The lowest BCUT2D eigenvalue weighted by atomic mass is 9.83. The molecule has 1 aliphatic rings. The van der Waals surface area contributed by atoms with Gasteiger partial charge in [0, 0.05) is 17.8 Å². The van der Waals surface area contributed by atoms with Gasteiger partial charge in [-0.2, -0.15) is 0 Å². The van der Waals surface area contributed by atoms with Crippen molar-refractivity contribution < 1.29 is 28.5 Å². The Labute approximate surface area is 177 Å². The summed E-state index contributed by atoms with van der Waals surface area (Å²) < 4.78 is 23.5. The van der Waals surface area contributed by atoms with Crippen LogP contribution in [-0.4, -0.2) is 43.1 Å². The van der Waals surface area contributed by atoms with E-state index in [-0.39, 0.29) is 42.4 Å². The molecular weight excluding hydrogens is 372 g/mol. The molecule has 29 heavy (non-hydrogen) atoms. The largest absolute Gasteiger partial charge is 0.465 e. The number of rotatable bonds is 6. The number of carbonyl (C=O) groups excluding carboxylic acids is 2. The van der Waals surface area contributed by atoms with Crippen molar-refractivity contribution >= 4 is 11.9 Å². The first-order chi connectivity index (χ1) is 13.0. The van der Waals surface area contributed by atoms with Gasteiger partial charge in [-0.15, -0.1) is 0 Å². The highest BCUT2D eigenvalue weighted by molar-refractivity contribution is 5.76. The molecule has 1 aliphatic heterocycles. The first kappa shape index (κ1) is 25.9. The summed E-state index contributed by atoms with van der Waals surface area (Å²) in [7, 11) is 0. The molecule has 0 spiro atoms. The molecule has 0 bridgehead atoms. The normalized spacial score (nSPS) is 25.6. The highest BCUT2D eigenvalue weighted by atomic mass is 16.7. The molecule has 0 aromatic carbocycles. The molecule has 0 N–H and O–H groups in total. The van der Waals surface area contributed by atoms with Crippen molar-refractivity contribution in [1.82, 2.24) is 0 Å². The van der Waals surface area contributed by atoms with Crippen LogP contribution in [0.1, 0.15) is 76.2 Å². The Balaban J connectivity index is 3.03. The minimum atomic E-state index is -0.689. The van der Waals surface area contributed by atoms with Crippen LogP contribution in [0, 0.1) is 28.6 Å². The fourth-order valence-corrected chi connectivity index (χ4v) is 3.28.